The molecule has 122 valence electrons. The zero-order valence-electron chi connectivity index (χ0n) is 13.6. The largest absolute Gasteiger partial charge is 0.477 e. The number of piperidine rings is 1. The molecule has 0 radical (unpaired) electrons. The molecule has 1 aliphatic heterocycles. The fourth-order valence-corrected chi connectivity index (χ4v) is 3.03. The van der Waals surface area contributed by atoms with Gasteiger partial charge in [0.1, 0.15) is 5.56 Å². The Balaban J connectivity index is 1.77. The lowest BCUT2D eigenvalue weighted by molar-refractivity contribution is 0.0700. The van der Waals surface area contributed by atoms with Gasteiger partial charge in [0.05, 0.1) is 12.3 Å². The number of hydrogen-bond donors (Lipinski definition) is 1. The third kappa shape index (κ3) is 3.36. The van der Waals surface area contributed by atoms with Crippen LogP contribution in [0.25, 0.3) is 0 Å². The van der Waals surface area contributed by atoms with E-state index in [1.54, 1.807) is 18.3 Å². The Hall–Kier alpha value is -2.37. The number of aryl methyl sites for hydroxylation is 1. The number of H-pyrrole nitrogens is 1. The molecular weight excluding hydrogens is 292 g/mol. The van der Waals surface area contributed by atoms with Gasteiger partial charge in [-0.15, -0.1) is 0 Å². The molecule has 6 heteroatoms. The maximum absolute atomic E-state index is 12.9. The number of hydrogen-bond acceptors (Lipinski definition) is 4. The summed E-state index contributed by atoms with van der Waals surface area (Å²) in [6, 6.07) is 5.62. The van der Waals surface area contributed by atoms with Crippen molar-refractivity contribution in [2.75, 3.05) is 19.7 Å². The van der Waals surface area contributed by atoms with Gasteiger partial charge in [-0.05, 0) is 44.9 Å². The zero-order chi connectivity index (χ0) is 16.2. The van der Waals surface area contributed by atoms with Crippen molar-refractivity contribution in [3.63, 3.8) is 0 Å². The number of aromatic nitrogens is 3. The van der Waals surface area contributed by atoms with Gasteiger partial charge in [-0.2, -0.15) is 5.10 Å². The Morgan fingerprint density at radius 3 is 3.13 bits per heavy atom. The van der Waals surface area contributed by atoms with Crippen LogP contribution in [0.15, 0.2) is 24.4 Å². The highest BCUT2D eigenvalue weighted by atomic mass is 16.5. The first-order valence-corrected chi connectivity index (χ1v) is 8.08. The molecule has 1 aliphatic rings. The number of nitrogens with zero attached hydrogens (tertiary/aromatic N) is 3. The second-order valence-electron chi connectivity index (χ2n) is 5.86. The number of carbonyl (C=O) groups is 1. The van der Waals surface area contributed by atoms with Crippen molar-refractivity contribution < 1.29 is 9.53 Å². The molecule has 2 aromatic heterocycles. The maximum Gasteiger partial charge on any atom is 0.259 e. The standard InChI is InChI=1S/C17H22N4O2/c1-3-23-16-14(7-4-8-18-16)17(22)21-9-5-6-13(11-21)15-10-12(2)19-20-15/h4,7-8,10,13H,3,5-6,9,11H2,1-2H3,(H,19,20)/t13-/m1/s1. The highest BCUT2D eigenvalue weighted by Crippen LogP contribution is 2.28. The van der Waals surface area contributed by atoms with Crippen molar-refractivity contribution in [1.82, 2.24) is 20.1 Å². The number of ether oxygens (including phenoxy) is 1. The minimum atomic E-state index is -0.0153. The molecule has 1 saturated heterocycles. The zero-order valence-corrected chi connectivity index (χ0v) is 13.6. The Labute approximate surface area is 135 Å². The van der Waals surface area contributed by atoms with E-state index < -0.39 is 0 Å². The molecule has 1 amide bonds. The van der Waals surface area contributed by atoms with Crippen LogP contribution in [0.5, 0.6) is 5.88 Å². The quantitative estimate of drug-likeness (QED) is 0.941. The number of aromatic amines is 1. The Kier molecular flexibility index (Phi) is 4.60. The van der Waals surface area contributed by atoms with Crippen LogP contribution in [-0.2, 0) is 0 Å². The van der Waals surface area contributed by atoms with Gasteiger partial charge in [0.25, 0.3) is 5.91 Å². The average Bonchev–Trinajstić information content (AvgIpc) is 3.02. The summed E-state index contributed by atoms with van der Waals surface area (Å²) in [6.07, 6.45) is 3.68. The molecule has 1 fully saturated rings. The van der Waals surface area contributed by atoms with Crippen LogP contribution in [0.4, 0.5) is 0 Å². The van der Waals surface area contributed by atoms with Gasteiger partial charge >= 0.3 is 0 Å². The van der Waals surface area contributed by atoms with E-state index in [2.05, 4.69) is 21.2 Å². The van der Waals surface area contributed by atoms with E-state index in [4.69, 9.17) is 4.74 Å². The van der Waals surface area contributed by atoms with E-state index in [0.717, 1.165) is 30.8 Å². The molecular formula is C17H22N4O2. The summed E-state index contributed by atoms with van der Waals surface area (Å²) in [6.45, 7) is 5.82. The van der Waals surface area contributed by atoms with Crippen LogP contribution in [0, 0.1) is 6.92 Å². The Bertz CT molecular complexity index is 683. The summed E-state index contributed by atoms with van der Waals surface area (Å²) in [4.78, 5) is 18.9. The molecule has 0 spiro atoms. The van der Waals surface area contributed by atoms with E-state index in [1.807, 2.05) is 18.7 Å². The topological polar surface area (TPSA) is 71.1 Å². The number of pyridine rings is 1. The van der Waals surface area contributed by atoms with Gasteiger partial charge in [0.15, 0.2) is 0 Å². The smallest absolute Gasteiger partial charge is 0.259 e. The summed E-state index contributed by atoms with van der Waals surface area (Å²) in [5, 5.41) is 7.34. The van der Waals surface area contributed by atoms with Crippen LogP contribution >= 0.6 is 0 Å². The predicted molar refractivity (Wildman–Crippen MR) is 86.6 cm³/mol. The normalized spacial score (nSPS) is 18.0. The van der Waals surface area contributed by atoms with Gasteiger partial charge in [0.2, 0.25) is 5.88 Å². The molecule has 23 heavy (non-hydrogen) atoms. The van der Waals surface area contributed by atoms with Gasteiger partial charge in [-0.3, -0.25) is 9.89 Å². The first-order valence-electron chi connectivity index (χ1n) is 8.08. The first-order chi connectivity index (χ1) is 11.2. The van der Waals surface area contributed by atoms with E-state index >= 15 is 0 Å². The second-order valence-corrected chi connectivity index (χ2v) is 5.86. The van der Waals surface area contributed by atoms with Gasteiger partial charge in [-0.1, -0.05) is 0 Å². The molecule has 6 nitrogen and oxygen atoms in total. The van der Waals surface area contributed by atoms with Crippen molar-refractivity contribution in [3.05, 3.63) is 41.3 Å². The summed E-state index contributed by atoms with van der Waals surface area (Å²) in [7, 11) is 0. The van der Waals surface area contributed by atoms with Gasteiger partial charge in [0, 0.05) is 30.9 Å². The van der Waals surface area contributed by atoms with E-state index in [0.29, 0.717) is 24.6 Å². The van der Waals surface area contributed by atoms with Crippen molar-refractivity contribution >= 4 is 5.91 Å². The van der Waals surface area contributed by atoms with Gasteiger partial charge in [-0.25, -0.2) is 4.98 Å². The molecule has 3 heterocycles. The Morgan fingerprint density at radius 1 is 1.52 bits per heavy atom. The molecule has 0 unspecified atom stereocenters. The molecule has 2 aromatic rings. The molecule has 0 aliphatic carbocycles. The van der Waals surface area contributed by atoms with Crippen molar-refractivity contribution in [3.8, 4) is 5.88 Å². The lowest BCUT2D eigenvalue weighted by Crippen LogP contribution is -2.39. The molecule has 1 N–H and O–H groups in total. The van der Waals surface area contributed by atoms with Crippen molar-refractivity contribution in [2.24, 2.45) is 0 Å². The molecule has 0 saturated carbocycles. The third-order valence-corrected chi connectivity index (χ3v) is 4.14. The van der Waals surface area contributed by atoms with Crippen LogP contribution in [-0.4, -0.2) is 45.7 Å². The molecule has 3 rings (SSSR count). The fourth-order valence-electron chi connectivity index (χ4n) is 3.03. The van der Waals surface area contributed by atoms with E-state index in [1.165, 1.54) is 0 Å². The minimum absolute atomic E-state index is 0.0153. The van der Waals surface area contributed by atoms with Gasteiger partial charge < -0.3 is 9.64 Å². The molecule has 0 bridgehead atoms. The Morgan fingerprint density at radius 2 is 2.39 bits per heavy atom. The monoisotopic (exact) mass is 314 g/mol. The summed E-state index contributed by atoms with van der Waals surface area (Å²) in [5.41, 5.74) is 2.62. The summed E-state index contributed by atoms with van der Waals surface area (Å²) >= 11 is 0. The predicted octanol–water partition coefficient (Wildman–Crippen LogP) is 2.53. The third-order valence-electron chi connectivity index (χ3n) is 4.14. The van der Waals surface area contributed by atoms with Crippen LogP contribution in [0.3, 0.4) is 0 Å². The number of likely N-dealkylation sites (tertiary alicyclic amines) is 1. The minimum Gasteiger partial charge on any atom is -0.477 e. The number of nitrogens with one attached hydrogen (secondary N) is 1. The van der Waals surface area contributed by atoms with Crippen LogP contribution in [0.2, 0.25) is 0 Å². The van der Waals surface area contributed by atoms with Crippen LogP contribution in [0.1, 0.15) is 47.4 Å². The first kappa shape index (κ1) is 15.5. The van der Waals surface area contributed by atoms with E-state index in [-0.39, 0.29) is 11.8 Å². The number of rotatable bonds is 4. The average molecular weight is 314 g/mol. The van der Waals surface area contributed by atoms with Crippen molar-refractivity contribution in [1.29, 1.82) is 0 Å². The summed E-state index contributed by atoms with van der Waals surface area (Å²) in [5.74, 6) is 0.682. The number of carbonyl (C=O) groups excluding carboxylic acids is 1. The SMILES string of the molecule is CCOc1ncccc1C(=O)N1CCC[C@@H](c2cc(C)[nH]n2)C1. The highest BCUT2D eigenvalue weighted by molar-refractivity contribution is 5.96. The highest BCUT2D eigenvalue weighted by Gasteiger charge is 2.28. The lowest BCUT2D eigenvalue weighted by atomic mass is 9.94. The van der Waals surface area contributed by atoms with Crippen molar-refractivity contribution in [2.45, 2.75) is 32.6 Å². The molecule has 1 atom stereocenters. The summed E-state index contributed by atoms with van der Waals surface area (Å²) < 4.78 is 5.49. The lowest BCUT2D eigenvalue weighted by Gasteiger charge is -2.32. The van der Waals surface area contributed by atoms with E-state index in [9.17, 15) is 4.79 Å². The fraction of sp³-hybridized carbons (Fsp3) is 0.471. The molecule has 0 aromatic carbocycles. The maximum atomic E-state index is 12.9. The number of amides is 1. The van der Waals surface area contributed by atoms with Crippen LogP contribution < -0.4 is 4.74 Å². The second kappa shape index (κ2) is 6.81.